The molecular weight excluding hydrogens is 540 g/mol. The third-order valence-electron chi connectivity index (χ3n) is 8.09. The molecule has 0 aliphatic carbocycles. The van der Waals surface area contributed by atoms with Crippen molar-refractivity contribution in [3.8, 4) is 17.2 Å². The molecule has 2 aliphatic rings. The maximum absolute atomic E-state index is 13.6. The first kappa shape index (κ1) is 28.9. The first-order valence-electron chi connectivity index (χ1n) is 13.9. The number of likely N-dealkylation sites (tertiary alicyclic amines) is 1. The standard InChI is InChI=1S/C32H34N2O8/c1-4-18-12-22(31(36)37)13-19(5-2)29(18)33-27(35)16-34-15-24(21-8-11-25-26(14-21)42-17-41-25)28(32(38)39)30(34)20-6-9-23(40-3)10-7-20/h6-14,24,28,30H,4-5,15-17H2,1-3H3,(H,33,35)(H,36,37)(H,38,39)/t24-,28+,30-/m1/s1. The van der Waals surface area contributed by atoms with E-state index < -0.39 is 29.8 Å². The summed E-state index contributed by atoms with van der Waals surface area (Å²) in [5.74, 6) is -1.75. The predicted octanol–water partition coefficient (Wildman–Crippen LogP) is 4.73. The van der Waals surface area contributed by atoms with E-state index in [1.54, 1.807) is 37.4 Å². The number of carboxylic acids is 2. The lowest BCUT2D eigenvalue weighted by atomic mass is 9.82. The van der Waals surface area contributed by atoms with E-state index in [1.807, 2.05) is 43.0 Å². The van der Waals surface area contributed by atoms with Crippen LogP contribution in [0.15, 0.2) is 54.6 Å². The zero-order chi connectivity index (χ0) is 30.0. The van der Waals surface area contributed by atoms with Gasteiger partial charge in [0.25, 0.3) is 0 Å². The van der Waals surface area contributed by atoms with Crippen LogP contribution in [0.2, 0.25) is 0 Å². The van der Waals surface area contributed by atoms with Crippen molar-refractivity contribution in [2.45, 2.75) is 38.6 Å². The molecule has 3 atom stereocenters. The number of carboxylic acid groups (broad SMARTS) is 2. The first-order chi connectivity index (χ1) is 20.2. The predicted molar refractivity (Wildman–Crippen MR) is 155 cm³/mol. The Morgan fingerprint density at radius 3 is 2.17 bits per heavy atom. The molecule has 0 radical (unpaired) electrons. The Kier molecular flexibility index (Phi) is 8.35. The summed E-state index contributed by atoms with van der Waals surface area (Å²) in [5.41, 5.74) is 3.80. The number of aromatic carboxylic acids is 1. The monoisotopic (exact) mass is 574 g/mol. The van der Waals surface area contributed by atoms with Gasteiger partial charge in [-0.3, -0.25) is 14.5 Å². The first-order valence-corrected chi connectivity index (χ1v) is 13.9. The van der Waals surface area contributed by atoms with Gasteiger partial charge < -0.3 is 29.7 Å². The van der Waals surface area contributed by atoms with E-state index in [-0.39, 0.29) is 24.8 Å². The molecule has 10 nitrogen and oxygen atoms in total. The van der Waals surface area contributed by atoms with Crippen LogP contribution in [0.5, 0.6) is 17.2 Å². The van der Waals surface area contributed by atoms with Gasteiger partial charge in [0.2, 0.25) is 12.7 Å². The van der Waals surface area contributed by atoms with E-state index in [0.717, 1.165) is 22.3 Å². The number of carbonyl (C=O) groups excluding carboxylic acids is 1. The average Bonchev–Trinajstić information content (AvgIpc) is 3.61. The Labute approximate surface area is 243 Å². The maximum Gasteiger partial charge on any atom is 0.335 e. The number of nitrogens with zero attached hydrogens (tertiary/aromatic N) is 1. The summed E-state index contributed by atoms with van der Waals surface area (Å²) >= 11 is 0. The van der Waals surface area contributed by atoms with E-state index in [9.17, 15) is 24.6 Å². The van der Waals surface area contributed by atoms with Gasteiger partial charge in [-0.05, 0) is 71.5 Å². The van der Waals surface area contributed by atoms with E-state index >= 15 is 0 Å². The van der Waals surface area contributed by atoms with Crippen LogP contribution in [-0.2, 0) is 22.4 Å². The number of hydrogen-bond donors (Lipinski definition) is 3. The van der Waals surface area contributed by atoms with Crippen molar-refractivity contribution in [1.82, 2.24) is 4.90 Å². The van der Waals surface area contributed by atoms with Gasteiger partial charge in [-0.1, -0.05) is 32.0 Å². The lowest BCUT2D eigenvalue weighted by Crippen LogP contribution is -2.35. The number of amides is 1. The minimum atomic E-state index is -1.02. The minimum Gasteiger partial charge on any atom is -0.497 e. The van der Waals surface area contributed by atoms with E-state index in [2.05, 4.69) is 5.32 Å². The van der Waals surface area contributed by atoms with Crippen molar-refractivity contribution >= 4 is 23.5 Å². The van der Waals surface area contributed by atoms with Crippen LogP contribution < -0.4 is 19.5 Å². The molecule has 42 heavy (non-hydrogen) atoms. The second-order valence-corrected chi connectivity index (χ2v) is 10.5. The molecule has 0 aromatic heterocycles. The topological polar surface area (TPSA) is 135 Å². The van der Waals surface area contributed by atoms with Gasteiger partial charge in [-0.2, -0.15) is 0 Å². The summed E-state index contributed by atoms with van der Waals surface area (Å²) in [6.45, 7) is 4.18. The lowest BCUT2D eigenvalue weighted by Gasteiger charge is -2.27. The van der Waals surface area contributed by atoms with Gasteiger partial charge in [0, 0.05) is 24.2 Å². The Morgan fingerprint density at radius 1 is 0.929 bits per heavy atom. The highest BCUT2D eigenvalue weighted by Crippen LogP contribution is 2.47. The van der Waals surface area contributed by atoms with Gasteiger partial charge in [-0.15, -0.1) is 0 Å². The molecule has 1 saturated heterocycles. The van der Waals surface area contributed by atoms with Crippen molar-refractivity contribution in [3.05, 3.63) is 82.4 Å². The number of aryl methyl sites for hydroxylation is 2. The van der Waals surface area contributed by atoms with Crippen molar-refractivity contribution in [3.63, 3.8) is 0 Å². The van der Waals surface area contributed by atoms with E-state index in [0.29, 0.717) is 42.3 Å². The van der Waals surface area contributed by atoms with Crippen LogP contribution in [0.1, 0.15) is 58.4 Å². The van der Waals surface area contributed by atoms with Crippen molar-refractivity contribution in [2.24, 2.45) is 5.92 Å². The fraction of sp³-hybridized carbons (Fsp3) is 0.344. The third-order valence-corrected chi connectivity index (χ3v) is 8.09. The number of methoxy groups -OCH3 is 1. The number of hydrogen-bond acceptors (Lipinski definition) is 7. The molecule has 3 N–H and O–H groups in total. The van der Waals surface area contributed by atoms with Crippen molar-refractivity contribution in [1.29, 1.82) is 0 Å². The number of aliphatic carboxylic acids is 1. The summed E-state index contributed by atoms with van der Waals surface area (Å²) in [4.78, 5) is 40.0. The molecule has 0 saturated carbocycles. The third kappa shape index (κ3) is 5.62. The highest BCUT2D eigenvalue weighted by Gasteiger charge is 2.48. The highest BCUT2D eigenvalue weighted by atomic mass is 16.7. The van der Waals surface area contributed by atoms with E-state index in [1.165, 1.54) is 0 Å². The Bertz CT molecular complexity index is 1480. The second kappa shape index (κ2) is 12.1. The van der Waals surface area contributed by atoms with Crippen LogP contribution >= 0.6 is 0 Å². The summed E-state index contributed by atoms with van der Waals surface area (Å²) in [5, 5.41) is 23.1. The molecule has 3 aromatic rings. The van der Waals surface area contributed by atoms with Gasteiger partial charge in [0.15, 0.2) is 11.5 Å². The second-order valence-electron chi connectivity index (χ2n) is 10.5. The SMILES string of the molecule is CCc1cc(C(=O)O)cc(CC)c1NC(=O)CN1C[C@H](c2ccc3c(c2)OCO3)[C@H](C(=O)O)[C@H]1c1ccc(OC)cc1. The molecule has 1 amide bonds. The minimum absolute atomic E-state index is 0.0610. The number of fused-ring (bicyclic) bond motifs is 1. The molecule has 3 aromatic carbocycles. The average molecular weight is 575 g/mol. The Balaban J connectivity index is 1.49. The summed E-state index contributed by atoms with van der Waals surface area (Å²) < 4.78 is 16.3. The summed E-state index contributed by atoms with van der Waals surface area (Å²) in [6, 6.07) is 15.3. The van der Waals surface area contributed by atoms with Gasteiger partial charge in [-0.25, -0.2) is 4.79 Å². The van der Waals surface area contributed by atoms with Crippen LogP contribution in [0, 0.1) is 5.92 Å². The van der Waals surface area contributed by atoms with Gasteiger partial charge >= 0.3 is 11.9 Å². The van der Waals surface area contributed by atoms with Crippen LogP contribution in [0.3, 0.4) is 0 Å². The van der Waals surface area contributed by atoms with Gasteiger partial charge in [0.05, 0.1) is 25.1 Å². The normalized spacial score (nSPS) is 19.5. The molecule has 0 unspecified atom stereocenters. The summed E-state index contributed by atoms with van der Waals surface area (Å²) in [7, 11) is 1.56. The zero-order valence-electron chi connectivity index (χ0n) is 23.8. The number of benzene rings is 3. The number of carbonyl (C=O) groups is 3. The van der Waals surface area contributed by atoms with E-state index in [4.69, 9.17) is 14.2 Å². The quantitative estimate of drug-likeness (QED) is 0.314. The molecule has 0 spiro atoms. The largest absolute Gasteiger partial charge is 0.497 e. The lowest BCUT2D eigenvalue weighted by molar-refractivity contribution is -0.143. The van der Waals surface area contributed by atoms with Crippen molar-refractivity contribution in [2.75, 3.05) is 32.3 Å². The van der Waals surface area contributed by atoms with Gasteiger partial charge in [0.1, 0.15) is 5.75 Å². The van der Waals surface area contributed by atoms with Crippen LogP contribution in [0.4, 0.5) is 5.69 Å². The Morgan fingerprint density at radius 2 is 1.57 bits per heavy atom. The maximum atomic E-state index is 13.6. The van der Waals surface area contributed by atoms with Crippen LogP contribution in [-0.4, -0.2) is 60.0 Å². The summed E-state index contributed by atoms with van der Waals surface area (Å²) in [6.07, 6.45) is 1.07. The molecule has 10 heteroatoms. The molecule has 220 valence electrons. The molecule has 2 aliphatic heterocycles. The zero-order valence-corrected chi connectivity index (χ0v) is 23.8. The molecule has 1 fully saturated rings. The molecule has 2 heterocycles. The fourth-order valence-electron chi connectivity index (χ4n) is 6.05. The molecule has 0 bridgehead atoms. The number of ether oxygens (including phenoxy) is 3. The molecule has 5 rings (SSSR count). The van der Waals surface area contributed by atoms with Crippen molar-refractivity contribution < 1.29 is 38.8 Å². The smallest absolute Gasteiger partial charge is 0.335 e. The van der Waals surface area contributed by atoms with Crippen LogP contribution in [0.25, 0.3) is 0 Å². The highest BCUT2D eigenvalue weighted by molar-refractivity contribution is 5.96. The molecular formula is C32H34N2O8. The fourth-order valence-corrected chi connectivity index (χ4v) is 6.05. The number of rotatable bonds is 10. The number of anilines is 1. The number of nitrogens with one attached hydrogen (secondary N) is 1. The Hall–Kier alpha value is -4.57.